The first-order valence-electron chi connectivity index (χ1n) is 9.47. The van der Waals surface area contributed by atoms with E-state index in [9.17, 15) is 4.79 Å². The number of anilines is 1. The SMILES string of the molecule is CC(C)c1ccc(N2CC[C@H]2CNC(=O)OC(C)(C)C)c2cnc(Cl)cc12. The van der Waals surface area contributed by atoms with Gasteiger partial charge in [0.1, 0.15) is 10.8 Å². The van der Waals surface area contributed by atoms with Gasteiger partial charge in [-0.25, -0.2) is 9.78 Å². The number of rotatable bonds is 4. The lowest BCUT2D eigenvalue weighted by atomic mass is 9.93. The number of hydrogen-bond acceptors (Lipinski definition) is 4. The Labute approximate surface area is 166 Å². The molecule has 0 aliphatic carbocycles. The van der Waals surface area contributed by atoms with Crippen LogP contribution in [0.1, 0.15) is 52.5 Å². The van der Waals surface area contributed by atoms with E-state index >= 15 is 0 Å². The molecule has 1 amide bonds. The highest BCUT2D eigenvalue weighted by molar-refractivity contribution is 6.30. The minimum absolute atomic E-state index is 0.251. The molecule has 1 N–H and O–H groups in total. The Bertz CT molecular complexity index is 845. The van der Waals surface area contributed by atoms with Gasteiger partial charge in [0.2, 0.25) is 0 Å². The number of halogens is 1. The molecule has 1 fully saturated rings. The summed E-state index contributed by atoms with van der Waals surface area (Å²) in [7, 11) is 0. The van der Waals surface area contributed by atoms with E-state index in [0.29, 0.717) is 17.6 Å². The van der Waals surface area contributed by atoms with Crippen molar-refractivity contribution in [3.05, 3.63) is 35.1 Å². The third-order valence-corrected chi connectivity index (χ3v) is 5.04. The van der Waals surface area contributed by atoms with Crippen molar-refractivity contribution in [1.82, 2.24) is 10.3 Å². The summed E-state index contributed by atoms with van der Waals surface area (Å²) >= 11 is 6.15. The summed E-state index contributed by atoms with van der Waals surface area (Å²) in [6.45, 7) is 11.5. The second-order valence-electron chi connectivity index (χ2n) is 8.40. The predicted molar refractivity (Wildman–Crippen MR) is 111 cm³/mol. The smallest absolute Gasteiger partial charge is 0.407 e. The second-order valence-corrected chi connectivity index (χ2v) is 8.79. The fourth-order valence-corrected chi connectivity index (χ4v) is 3.62. The number of carbonyl (C=O) groups is 1. The lowest BCUT2D eigenvalue weighted by molar-refractivity contribution is 0.0521. The maximum atomic E-state index is 11.9. The molecule has 2 heterocycles. The highest BCUT2D eigenvalue weighted by atomic mass is 35.5. The van der Waals surface area contributed by atoms with Gasteiger partial charge in [-0.2, -0.15) is 0 Å². The van der Waals surface area contributed by atoms with E-state index in [2.05, 4.69) is 41.2 Å². The molecule has 3 rings (SSSR count). The molecule has 0 bridgehead atoms. The van der Waals surface area contributed by atoms with Crippen molar-refractivity contribution in [3.8, 4) is 0 Å². The molecule has 1 aromatic heterocycles. The van der Waals surface area contributed by atoms with Gasteiger partial charge in [0, 0.05) is 36.4 Å². The third-order valence-electron chi connectivity index (χ3n) is 4.83. The summed E-state index contributed by atoms with van der Waals surface area (Å²) in [5.41, 5.74) is 1.92. The quantitative estimate of drug-likeness (QED) is 0.738. The minimum atomic E-state index is -0.489. The van der Waals surface area contributed by atoms with E-state index < -0.39 is 5.60 Å². The van der Waals surface area contributed by atoms with Crippen molar-refractivity contribution in [2.75, 3.05) is 18.0 Å². The Morgan fingerprint density at radius 2 is 2.11 bits per heavy atom. The van der Waals surface area contributed by atoms with Crippen molar-refractivity contribution in [3.63, 3.8) is 0 Å². The molecule has 5 nitrogen and oxygen atoms in total. The molecule has 6 heteroatoms. The third kappa shape index (κ3) is 4.46. The van der Waals surface area contributed by atoms with Crippen molar-refractivity contribution in [2.24, 2.45) is 0 Å². The molecule has 0 spiro atoms. The van der Waals surface area contributed by atoms with Gasteiger partial charge in [0.25, 0.3) is 0 Å². The number of fused-ring (bicyclic) bond motifs is 1. The molecule has 0 radical (unpaired) electrons. The predicted octanol–water partition coefficient (Wildman–Crippen LogP) is 5.12. The first-order valence-corrected chi connectivity index (χ1v) is 9.85. The fraction of sp³-hybridized carbons (Fsp3) is 0.524. The summed E-state index contributed by atoms with van der Waals surface area (Å²) in [4.78, 5) is 18.6. The fourth-order valence-electron chi connectivity index (χ4n) is 3.46. The lowest BCUT2D eigenvalue weighted by Gasteiger charge is -2.43. The topological polar surface area (TPSA) is 54.5 Å². The number of nitrogens with one attached hydrogen (secondary N) is 1. The zero-order valence-electron chi connectivity index (χ0n) is 16.7. The molecule has 146 valence electrons. The van der Waals surface area contributed by atoms with Crippen LogP contribution in [0.15, 0.2) is 24.4 Å². The molecule has 0 saturated carbocycles. The van der Waals surface area contributed by atoms with Crippen LogP contribution in [0.4, 0.5) is 10.5 Å². The van der Waals surface area contributed by atoms with Gasteiger partial charge in [-0.3, -0.25) is 0 Å². The van der Waals surface area contributed by atoms with Gasteiger partial charge in [-0.05, 0) is 56.2 Å². The summed E-state index contributed by atoms with van der Waals surface area (Å²) in [6, 6.07) is 6.53. The van der Waals surface area contributed by atoms with Crippen LogP contribution in [0.25, 0.3) is 10.8 Å². The number of benzene rings is 1. The van der Waals surface area contributed by atoms with E-state index in [1.807, 2.05) is 33.0 Å². The van der Waals surface area contributed by atoms with Gasteiger partial charge in [0.15, 0.2) is 0 Å². The summed E-state index contributed by atoms with van der Waals surface area (Å²) in [6.07, 6.45) is 2.52. The highest BCUT2D eigenvalue weighted by Gasteiger charge is 2.30. The minimum Gasteiger partial charge on any atom is -0.444 e. The van der Waals surface area contributed by atoms with E-state index in [4.69, 9.17) is 16.3 Å². The summed E-state index contributed by atoms with van der Waals surface area (Å²) in [5, 5.41) is 5.65. The highest BCUT2D eigenvalue weighted by Crippen LogP contribution is 2.37. The maximum absolute atomic E-state index is 11.9. The Hall–Kier alpha value is -2.01. The van der Waals surface area contributed by atoms with Gasteiger partial charge in [-0.15, -0.1) is 0 Å². The first-order chi connectivity index (χ1) is 12.7. The Balaban J connectivity index is 1.79. The number of aromatic nitrogens is 1. The molecule has 27 heavy (non-hydrogen) atoms. The number of pyridine rings is 1. The van der Waals surface area contributed by atoms with Crippen LogP contribution < -0.4 is 10.2 Å². The van der Waals surface area contributed by atoms with Crippen molar-refractivity contribution < 1.29 is 9.53 Å². The first kappa shape index (κ1) is 19.7. The summed E-state index contributed by atoms with van der Waals surface area (Å²) < 4.78 is 5.33. The van der Waals surface area contributed by atoms with Gasteiger partial charge in [-0.1, -0.05) is 31.5 Å². The molecule has 1 aliphatic rings. The number of nitrogens with zero attached hydrogens (tertiary/aromatic N) is 2. The average molecular weight is 390 g/mol. The number of ether oxygens (including phenoxy) is 1. The van der Waals surface area contributed by atoms with Gasteiger partial charge in [0.05, 0.1) is 0 Å². The largest absolute Gasteiger partial charge is 0.444 e. The number of hydrogen-bond donors (Lipinski definition) is 1. The molecule has 1 aliphatic heterocycles. The molecule has 2 aromatic rings. The van der Waals surface area contributed by atoms with E-state index in [1.165, 1.54) is 5.56 Å². The van der Waals surface area contributed by atoms with Crippen LogP contribution in [0.2, 0.25) is 5.15 Å². The van der Waals surface area contributed by atoms with Crippen LogP contribution in [-0.2, 0) is 4.74 Å². The van der Waals surface area contributed by atoms with Crippen molar-refractivity contribution >= 4 is 34.2 Å². The van der Waals surface area contributed by atoms with E-state index in [1.54, 1.807) is 0 Å². The van der Waals surface area contributed by atoms with Gasteiger partial charge >= 0.3 is 6.09 Å². The van der Waals surface area contributed by atoms with Crippen LogP contribution in [0, 0.1) is 0 Å². The Morgan fingerprint density at radius 3 is 2.70 bits per heavy atom. The van der Waals surface area contributed by atoms with Gasteiger partial charge < -0.3 is 15.0 Å². The van der Waals surface area contributed by atoms with E-state index in [0.717, 1.165) is 29.4 Å². The molecule has 1 aromatic carbocycles. The molecule has 1 atom stereocenters. The van der Waals surface area contributed by atoms with Crippen molar-refractivity contribution in [2.45, 2.75) is 58.6 Å². The van der Waals surface area contributed by atoms with Crippen LogP contribution in [0.5, 0.6) is 0 Å². The zero-order chi connectivity index (χ0) is 19.8. The number of amides is 1. The standard InChI is InChI=1S/C21H28ClN3O2/c1-13(2)15-6-7-18(17-12-23-19(22)10-16(15)17)25-9-8-14(25)11-24-20(26)27-21(3,4)5/h6-7,10,12-14H,8-9,11H2,1-5H3,(H,24,26)/t14-/m0/s1. The average Bonchev–Trinajstić information content (AvgIpc) is 2.51. The molecule has 1 saturated heterocycles. The van der Waals surface area contributed by atoms with Crippen molar-refractivity contribution in [1.29, 1.82) is 0 Å². The molecular weight excluding hydrogens is 362 g/mol. The second kappa shape index (κ2) is 7.55. The Morgan fingerprint density at radius 1 is 1.37 bits per heavy atom. The van der Waals surface area contributed by atoms with Crippen LogP contribution in [-0.4, -0.2) is 35.8 Å². The van der Waals surface area contributed by atoms with E-state index in [-0.39, 0.29) is 12.1 Å². The van der Waals surface area contributed by atoms with Crippen LogP contribution >= 0.6 is 11.6 Å². The summed E-state index contributed by atoms with van der Waals surface area (Å²) in [5.74, 6) is 0.404. The number of carbonyl (C=O) groups excluding carboxylic acids is 1. The van der Waals surface area contributed by atoms with Crippen LogP contribution in [0.3, 0.4) is 0 Å². The normalized spacial score (nSPS) is 17.1. The maximum Gasteiger partial charge on any atom is 0.407 e. The zero-order valence-corrected chi connectivity index (χ0v) is 17.4. The lowest BCUT2D eigenvalue weighted by Crippen LogP contribution is -2.54. The monoisotopic (exact) mass is 389 g/mol. The molecular formula is C21H28ClN3O2. The Kier molecular flexibility index (Phi) is 5.52. The molecule has 0 unspecified atom stereocenters. The number of alkyl carbamates (subject to hydrolysis) is 1.